The highest BCUT2D eigenvalue weighted by atomic mass is 79.9. The molecule has 0 aliphatic rings. The van der Waals surface area contributed by atoms with Crippen LogP contribution in [-0.2, 0) is 0 Å². The Labute approximate surface area is 109 Å². The number of carbonyl (C=O) groups excluding carboxylic acids is 1. The second-order valence-electron chi connectivity index (χ2n) is 4.63. The van der Waals surface area contributed by atoms with Crippen LogP contribution in [0.15, 0.2) is 22.7 Å². The van der Waals surface area contributed by atoms with Gasteiger partial charge in [-0.25, -0.2) is 4.79 Å². The van der Waals surface area contributed by atoms with Crippen molar-refractivity contribution >= 4 is 27.6 Å². The van der Waals surface area contributed by atoms with Gasteiger partial charge >= 0.3 is 6.03 Å². The van der Waals surface area contributed by atoms with Gasteiger partial charge in [-0.3, -0.25) is 0 Å². The van der Waals surface area contributed by atoms with Crippen LogP contribution in [0.2, 0.25) is 0 Å². The van der Waals surface area contributed by atoms with Crippen molar-refractivity contribution in [3.63, 3.8) is 0 Å². The molecule has 1 aromatic rings. The monoisotopic (exact) mass is 295 g/mol. The van der Waals surface area contributed by atoms with Gasteiger partial charge < -0.3 is 10.6 Å². The van der Waals surface area contributed by atoms with E-state index < -0.39 is 0 Å². The fourth-order valence-corrected chi connectivity index (χ4v) is 1.57. The van der Waals surface area contributed by atoms with Crippen LogP contribution in [0.25, 0.3) is 0 Å². The molecule has 5 heteroatoms. The molecular weight excluding hydrogens is 282 g/mol. The van der Waals surface area contributed by atoms with Gasteiger partial charge in [-0.15, -0.1) is 0 Å². The first-order chi connectivity index (χ1) is 7.81. The van der Waals surface area contributed by atoms with E-state index in [-0.39, 0.29) is 11.6 Å². The van der Waals surface area contributed by atoms with Gasteiger partial charge in [0.25, 0.3) is 0 Å². The zero-order chi connectivity index (χ0) is 13.1. The minimum Gasteiger partial charge on any atom is -0.333 e. The molecule has 17 heavy (non-hydrogen) atoms. The smallest absolute Gasteiger partial charge is 0.319 e. The summed E-state index contributed by atoms with van der Waals surface area (Å²) in [6.07, 6.45) is 0. The van der Waals surface area contributed by atoms with E-state index in [2.05, 4.69) is 26.6 Å². The summed E-state index contributed by atoms with van der Waals surface area (Å²) >= 11 is 3.27. The lowest BCUT2D eigenvalue weighted by atomic mass is 10.1. The molecule has 0 spiro atoms. The maximum absolute atomic E-state index is 11.6. The standard InChI is InChI=1S/C12H14BrN3O/c1-12(2,3)16-11(17)15-10-5-4-9(13)6-8(10)7-14/h4-6H,1-3H3,(H2,15,16,17). The molecule has 0 unspecified atom stereocenters. The van der Waals surface area contributed by atoms with E-state index in [1.54, 1.807) is 18.2 Å². The second kappa shape index (κ2) is 5.19. The topological polar surface area (TPSA) is 64.9 Å². The van der Waals surface area contributed by atoms with Crippen LogP contribution in [0, 0.1) is 11.3 Å². The molecule has 2 amide bonds. The number of rotatable bonds is 1. The molecule has 1 rings (SSSR count). The zero-order valence-corrected chi connectivity index (χ0v) is 11.6. The van der Waals surface area contributed by atoms with Crippen LogP contribution >= 0.6 is 15.9 Å². The van der Waals surface area contributed by atoms with E-state index in [0.29, 0.717) is 11.3 Å². The van der Waals surface area contributed by atoms with Gasteiger partial charge in [0.15, 0.2) is 0 Å². The molecule has 0 radical (unpaired) electrons. The Kier molecular flexibility index (Phi) is 4.13. The van der Waals surface area contributed by atoms with Gasteiger partial charge in [0, 0.05) is 10.0 Å². The lowest BCUT2D eigenvalue weighted by Crippen LogP contribution is -2.43. The average Bonchev–Trinajstić information content (AvgIpc) is 2.17. The molecule has 0 aliphatic heterocycles. The van der Waals surface area contributed by atoms with Crippen LogP contribution in [0.4, 0.5) is 10.5 Å². The first-order valence-corrected chi connectivity index (χ1v) is 5.90. The summed E-state index contributed by atoms with van der Waals surface area (Å²) in [6.45, 7) is 5.66. The normalized spacial score (nSPS) is 10.5. The summed E-state index contributed by atoms with van der Waals surface area (Å²) < 4.78 is 0.802. The number of amides is 2. The Balaban J connectivity index is 2.83. The Bertz CT molecular complexity index is 472. The van der Waals surface area contributed by atoms with E-state index in [1.807, 2.05) is 26.8 Å². The van der Waals surface area contributed by atoms with E-state index in [9.17, 15) is 4.79 Å². The van der Waals surface area contributed by atoms with Crippen LogP contribution < -0.4 is 10.6 Å². The summed E-state index contributed by atoms with van der Waals surface area (Å²) in [6, 6.07) is 6.83. The summed E-state index contributed by atoms with van der Waals surface area (Å²) in [5, 5.41) is 14.4. The van der Waals surface area contributed by atoms with Crippen molar-refractivity contribution in [2.24, 2.45) is 0 Å². The molecule has 0 aliphatic carbocycles. The van der Waals surface area contributed by atoms with Crippen LogP contribution in [0.1, 0.15) is 26.3 Å². The predicted octanol–water partition coefficient (Wildman–Crippen LogP) is 3.24. The highest BCUT2D eigenvalue weighted by Crippen LogP contribution is 2.20. The number of nitrogens with zero attached hydrogens (tertiary/aromatic N) is 1. The number of urea groups is 1. The van der Waals surface area contributed by atoms with E-state index in [0.717, 1.165) is 4.47 Å². The molecule has 0 atom stereocenters. The lowest BCUT2D eigenvalue weighted by molar-refractivity contribution is 0.244. The van der Waals surface area contributed by atoms with E-state index in [4.69, 9.17) is 5.26 Å². The Hall–Kier alpha value is -1.54. The molecule has 0 bridgehead atoms. The molecule has 0 aromatic heterocycles. The number of carbonyl (C=O) groups is 1. The summed E-state index contributed by atoms with van der Waals surface area (Å²) in [5.74, 6) is 0. The van der Waals surface area contributed by atoms with Gasteiger partial charge in [0.1, 0.15) is 6.07 Å². The SMILES string of the molecule is CC(C)(C)NC(=O)Nc1ccc(Br)cc1C#N. The first kappa shape index (κ1) is 13.5. The summed E-state index contributed by atoms with van der Waals surface area (Å²) in [4.78, 5) is 11.6. The number of benzene rings is 1. The molecular formula is C12H14BrN3O. The molecule has 4 nitrogen and oxygen atoms in total. The second-order valence-corrected chi connectivity index (χ2v) is 5.55. The predicted molar refractivity (Wildman–Crippen MR) is 70.8 cm³/mol. The highest BCUT2D eigenvalue weighted by Gasteiger charge is 2.14. The maximum atomic E-state index is 11.6. The van der Waals surface area contributed by atoms with Crippen molar-refractivity contribution in [3.8, 4) is 6.07 Å². The van der Waals surface area contributed by atoms with Crippen molar-refractivity contribution in [2.45, 2.75) is 26.3 Å². The molecule has 2 N–H and O–H groups in total. The summed E-state index contributed by atoms with van der Waals surface area (Å²) in [7, 11) is 0. The van der Waals surface area contributed by atoms with Crippen LogP contribution in [0.3, 0.4) is 0 Å². The third kappa shape index (κ3) is 4.45. The zero-order valence-electron chi connectivity index (χ0n) is 9.97. The molecule has 1 aromatic carbocycles. The Morgan fingerprint density at radius 3 is 2.59 bits per heavy atom. The van der Waals surface area contributed by atoms with Gasteiger partial charge in [0.05, 0.1) is 11.3 Å². The minimum atomic E-state index is -0.323. The van der Waals surface area contributed by atoms with Crippen molar-refractivity contribution < 1.29 is 4.79 Å². The van der Waals surface area contributed by atoms with Crippen LogP contribution in [0.5, 0.6) is 0 Å². The largest absolute Gasteiger partial charge is 0.333 e. The quantitative estimate of drug-likeness (QED) is 0.835. The molecule has 0 saturated heterocycles. The molecule has 90 valence electrons. The van der Waals surface area contributed by atoms with E-state index in [1.165, 1.54) is 0 Å². The third-order valence-electron chi connectivity index (χ3n) is 1.84. The summed E-state index contributed by atoms with van der Waals surface area (Å²) in [5.41, 5.74) is 0.604. The van der Waals surface area contributed by atoms with Crippen molar-refractivity contribution in [1.29, 1.82) is 5.26 Å². The number of nitrogens with one attached hydrogen (secondary N) is 2. The minimum absolute atomic E-state index is 0.313. The highest BCUT2D eigenvalue weighted by molar-refractivity contribution is 9.10. The molecule has 0 fully saturated rings. The third-order valence-corrected chi connectivity index (χ3v) is 2.33. The number of hydrogen-bond acceptors (Lipinski definition) is 2. The maximum Gasteiger partial charge on any atom is 0.319 e. The fraction of sp³-hybridized carbons (Fsp3) is 0.333. The number of nitriles is 1. The number of hydrogen-bond donors (Lipinski definition) is 2. The number of anilines is 1. The Morgan fingerprint density at radius 2 is 2.06 bits per heavy atom. The van der Waals surface area contributed by atoms with Crippen LogP contribution in [-0.4, -0.2) is 11.6 Å². The van der Waals surface area contributed by atoms with E-state index >= 15 is 0 Å². The van der Waals surface area contributed by atoms with Gasteiger partial charge in [-0.1, -0.05) is 15.9 Å². The molecule has 0 saturated carbocycles. The van der Waals surface area contributed by atoms with Crippen molar-refractivity contribution in [1.82, 2.24) is 5.32 Å². The van der Waals surface area contributed by atoms with Gasteiger partial charge in [-0.05, 0) is 39.0 Å². The van der Waals surface area contributed by atoms with Crippen molar-refractivity contribution in [3.05, 3.63) is 28.2 Å². The lowest BCUT2D eigenvalue weighted by Gasteiger charge is -2.21. The first-order valence-electron chi connectivity index (χ1n) is 5.10. The average molecular weight is 296 g/mol. The fourth-order valence-electron chi connectivity index (χ4n) is 1.21. The number of halogens is 1. The van der Waals surface area contributed by atoms with Crippen molar-refractivity contribution in [2.75, 3.05) is 5.32 Å². The van der Waals surface area contributed by atoms with Gasteiger partial charge in [-0.2, -0.15) is 5.26 Å². The van der Waals surface area contributed by atoms with Gasteiger partial charge in [0.2, 0.25) is 0 Å². The molecule has 0 heterocycles. The Morgan fingerprint density at radius 1 is 1.41 bits per heavy atom.